The summed E-state index contributed by atoms with van der Waals surface area (Å²) in [5, 5.41) is 9.00. The lowest BCUT2D eigenvalue weighted by molar-refractivity contribution is 0.0990. The van der Waals surface area contributed by atoms with Gasteiger partial charge < -0.3 is 9.73 Å². The smallest absolute Gasteiger partial charge is 0.313 e. The minimum atomic E-state index is -1.72. The van der Waals surface area contributed by atoms with Crippen molar-refractivity contribution in [1.82, 2.24) is 10.2 Å². The molecule has 0 atom stereocenters. The number of benzene rings is 2. The molecular formula is C15H7F4N3O2. The van der Waals surface area contributed by atoms with Gasteiger partial charge in [0, 0.05) is 5.56 Å². The van der Waals surface area contributed by atoms with Gasteiger partial charge in [0.25, 0.3) is 0 Å². The van der Waals surface area contributed by atoms with Crippen LogP contribution in [0.5, 0.6) is 0 Å². The maximum atomic E-state index is 13.5. The van der Waals surface area contributed by atoms with Crippen LogP contribution in [-0.2, 0) is 0 Å². The van der Waals surface area contributed by atoms with E-state index in [1.807, 2.05) is 5.32 Å². The average Bonchev–Trinajstić information content (AvgIpc) is 3.05. The standard InChI is InChI=1S/C15H7F4N3O2/c16-8-3-1-2-7(6-8)14-21-22-15(24-14)13(23)20-10-5-4-9(17)11(18)12(10)19/h1-6H,(H,20,23). The fraction of sp³-hybridized carbons (Fsp3) is 0. The van der Waals surface area contributed by atoms with Crippen LogP contribution in [-0.4, -0.2) is 16.1 Å². The van der Waals surface area contributed by atoms with E-state index in [2.05, 4.69) is 10.2 Å². The Morgan fingerprint density at radius 1 is 1.00 bits per heavy atom. The first kappa shape index (κ1) is 15.7. The molecule has 1 heterocycles. The third-order valence-corrected chi connectivity index (χ3v) is 2.97. The largest absolute Gasteiger partial charge is 0.412 e. The molecule has 1 aromatic heterocycles. The molecule has 0 aliphatic carbocycles. The second kappa shape index (κ2) is 6.11. The predicted molar refractivity (Wildman–Crippen MR) is 74.0 cm³/mol. The highest BCUT2D eigenvalue weighted by atomic mass is 19.2. The number of carbonyl (C=O) groups is 1. The Balaban J connectivity index is 1.83. The van der Waals surface area contributed by atoms with Gasteiger partial charge in [-0.1, -0.05) is 6.07 Å². The van der Waals surface area contributed by atoms with E-state index in [-0.39, 0.29) is 11.5 Å². The number of nitrogens with one attached hydrogen (secondary N) is 1. The molecule has 9 heteroatoms. The van der Waals surface area contributed by atoms with E-state index in [0.717, 1.165) is 12.1 Å². The van der Waals surface area contributed by atoms with Crippen molar-refractivity contribution in [2.75, 3.05) is 5.32 Å². The average molecular weight is 337 g/mol. The first-order valence-corrected chi connectivity index (χ1v) is 6.50. The number of carbonyl (C=O) groups excluding carboxylic acids is 1. The number of halogens is 4. The minimum absolute atomic E-state index is 0.134. The summed E-state index contributed by atoms with van der Waals surface area (Å²) in [6.07, 6.45) is 0. The topological polar surface area (TPSA) is 68.0 Å². The van der Waals surface area contributed by atoms with Crippen molar-refractivity contribution < 1.29 is 26.8 Å². The molecule has 3 rings (SSSR count). The molecule has 1 amide bonds. The summed E-state index contributed by atoms with van der Waals surface area (Å²) < 4.78 is 57.7. The molecule has 0 saturated carbocycles. The van der Waals surface area contributed by atoms with Crippen molar-refractivity contribution in [3.05, 3.63) is 65.6 Å². The number of aromatic nitrogens is 2. The summed E-state index contributed by atoms with van der Waals surface area (Å²) in [6, 6.07) is 6.71. The van der Waals surface area contributed by atoms with Crippen molar-refractivity contribution in [3.63, 3.8) is 0 Å². The zero-order valence-electron chi connectivity index (χ0n) is 11.7. The number of hydrogen-bond acceptors (Lipinski definition) is 4. The number of nitrogens with zero attached hydrogens (tertiary/aromatic N) is 2. The van der Waals surface area contributed by atoms with Gasteiger partial charge in [-0.25, -0.2) is 17.6 Å². The lowest BCUT2D eigenvalue weighted by Gasteiger charge is -2.04. The zero-order valence-corrected chi connectivity index (χ0v) is 11.7. The second-order valence-electron chi connectivity index (χ2n) is 4.60. The highest BCUT2D eigenvalue weighted by Gasteiger charge is 2.20. The van der Waals surface area contributed by atoms with Crippen LogP contribution < -0.4 is 5.32 Å². The normalized spacial score (nSPS) is 10.7. The van der Waals surface area contributed by atoms with Crippen molar-refractivity contribution in [2.24, 2.45) is 0 Å². The van der Waals surface area contributed by atoms with Crippen LogP contribution in [0.4, 0.5) is 23.2 Å². The molecule has 0 unspecified atom stereocenters. The van der Waals surface area contributed by atoms with Gasteiger partial charge in [-0.05, 0) is 30.3 Å². The van der Waals surface area contributed by atoms with Gasteiger partial charge in [0.1, 0.15) is 5.82 Å². The molecule has 2 aromatic carbocycles. The molecule has 122 valence electrons. The molecular weight excluding hydrogens is 330 g/mol. The summed E-state index contributed by atoms with van der Waals surface area (Å²) in [7, 11) is 0. The summed E-state index contributed by atoms with van der Waals surface area (Å²) >= 11 is 0. The molecule has 24 heavy (non-hydrogen) atoms. The summed E-state index contributed by atoms with van der Waals surface area (Å²) in [5.74, 6) is -6.94. The maximum Gasteiger partial charge on any atom is 0.313 e. The predicted octanol–water partition coefficient (Wildman–Crippen LogP) is 3.55. The van der Waals surface area contributed by atoms with Gasteiger partial charge >= 0.3 is 11.8 Å². The van der Waals surface area contributed by atoms with Gasteiger partial charge in [-0.3, -0.25) is 4.79 Å². The van der Waals surface area contributed by atoms with Gasteiger partial charge in [0.2, 0.25) is 5.89 Å². The van der Waals surface area contributed by atoms with Gasteiger partial charge in [-0.15, -0.1) is 10.2 Å². The number of amides is 1. The van der Waals surface area contributed by atoms with Gasteiger partial charge in [0.15, 0.2) is 17.5 Å². The molecule has 5 nitrogen and oxygen atoms in total. The van der Waals surface area contributed by atoms with E-state index in [1.165, 1.54) is 18.2 Å². The summed E-state index contributed by atoms with van der Waals surface area (Å²) in [6.45, 7) is 0. The van der Waals surface area contributed by atoms with E-state index in [4.69, 9.17) is 4.42 Å². The van der Waals surface area contributed by atoms with Crippen LogP contribution in [0.3, 0.4) is 0 Å². The number of hydrogen-bond donors (Lipinski definition) is 1. The van der Waals surface area contributed by atoms with Crippen LogP contribution in [0, 0.1) is 23.3 Å². The van der Waals surface area contributed by atoms with E-state index >= 15 is 0 Å². The molecule has 0 bridgehead atoms. The molecule has 1 N–H and O–H groups in total. The van der Waals surface area contributed by atoms with Crippen molar-refractivity contribution in [1.29, 1.82) is 0 Å². The molecule has 0 aliphatic heterocycles. The zero-order chi connectivity index (χ0) is 17.3. The Kier molecular flexibility index (Phi) is 3.98. The number of rotatable bonds is 3. The Morgan fingerprint density at radius 3 is 2.54 bits per heavy atom. The summed E-state index contributed by atoms with van der Waals surface area (Å²) in [5.41, 5.74) is -0.357. The van der Waals surface area contributed by atoms with Gasteiger partial charge in [0.05, 0.1) is 5.69 Å². The van der Waals surface area contributed by atoms with E-state index in [9.17, 15) is 22.4 Å². The van der Waals surface area contributed by atoms with E-state index in [0.29, 0.717) is 6.07 Å². The summed E-state index contributed by atoms with van der Waals surface area (Å²) in [4.78, 5) is 11.9. The van der Waals surface area contributed by atoms with Crippen molar-refractivity contribution in [3.8, 4) is 11.5 Å². The molecule has 3 aromatic rings. The third kappa shape index (κ3) is 2.96. The molecule has 0 aliphatic rings. The van der Waals surface area contributed by atoms with Gasteiger partial charge in [-0.2, -0.15) is 0 Å². The second-order valence-corrected chi connectivity index (χ2v) is 4.60. The first-order valence-electron chi connectivity index (χ1n) is 6.50. The molecule has 0 fully saturated rings. The van der Waals surface area contributed by atoms with Crippen LogP contribution in [0.15, 0.2) is 40.8 Å². The quantitative estimate of drug-likeness (QED) is 0.586. The fourth-order valence-electron chi connectivity index (χ4n) is 1.85. The maximum absolute atomic E-state index is 13.5. The monoisotopic (exact) mass is 337 g/mol. The number of anilines is 1. The highest BCUT2D eigenvalue weighted by molar-refractivity contribution is 6.01. The van der Waals surface area contributed by atoms with Crippen LogP contribution >= 0.6 is 0 Å². The van der Waals surface area contributed by atoms with Crippen LogP contribution in [0.25, 0.3) is 11.5 Å². The SMILES string of the molecule is O=C(Nc1ccc(F)c(F)c1F)c1nnc(-c2cccc(F)c2)o1. The Bertz CT molecular complexity index is 927. The Hall–Kier alpha value is -3.23. The van der Waals surface area contributed by atoms with Crippen LogP contribution in [0.2, 0.25) is 0 Å². The Morgan fingerprint density at radius 2 is 1.79 bits per heavy atom. The highest BCUT2D eigenvalue weighted by Crippen LogP contribution is 2.22. The minimum Gasteiger partial charge on any atom is -0.412 e. The molecule has 0 spiro atoms. The first-order chi connectivity index (χ1) is 11.5. The molecule has 0 radical (unpaired) electrons. The third-order valence-electron chi connectivity index (χ3n) is 2.97. The lowest BCUT2D eigenvalue weighted by atomic mass is 10.2. The van der Waals surface area contributed by atoms with E-state index in [1.54, 1.807) is 0 Å². The van der Waals surface area contributed by atoms with Crippen molar-refractivity contribution >= 4 is 11.6 Å². The van der Waals surface area contributed by atoms with Crippen molar-refractivity contribution in [2.45, 2.75) is 0 Å². The van der Waals surface area contributed by atoms with Crippen LogP contribution in [0.1, 0.15) is 10.7 Å². The Labute approximate surface area is 131 Å². The van der Waals surface area contributed by atoms with E-state index < -0.39 is 40.8 Å². The fourth-order valence-corrected chi connectivity index (χ4v) is 1.85. The lowest BCUT2D eigenvalue weighted by Crippen LogP contribution is -2.14. The molecule has 0 saturated heterocycles.